The number of carboxylic acids is 2. The van der Waals surface area contributed by atoms with Crippen LogP contribution >= 0.6 is 34.8 Å². The van der Waals surface area contributed by atoms with Crippen LogP contribution < -0.4 is 4.74 Å². The van der Waals surface area contributed by atoms with Gasteiger partial charge < -0.3 is 14.9 Å². The smallest absolute Gasteiger partial charge is 0.307 e. The molecule has 116 valence electrons. The van der Waals surface area contributed by atoms with Crippen molar-refractivity contribution in [1.82, 2.24) is 0 Å². The first-order valence-corrected chi connectivity index (χ1v) is 7.10. The molecule has 0 radical (unpaired) electrons. The molecule has 0 saturated carbocycles. The Balaban J connectivity index is 2.76. The van der Waals surface area contributed by atoms with Crippen molar-refractivity contribution in [2.24, 2.45) is 5.92 Å². The summed E-state index contributed by atoms with van der Waals surface area (Å²) in [4.78, 5) is 21.6. The average Bonchev–Trinajstić information content (AvgIpc) is 2.34. The van der Waals surface area contributed by atoms with Crippen molar-refractivity contribution in [2.75, 3.05) is 0 Å². The second-order valence-electron chi connectivity index (χ2n) is 4.49. The van der Waals surface area contributed by atoms with Crippen molar-refractivity contribution in [3.63, 3.8) is 0 Å². The van der Waals surface area contributed by atoms with Crippen LogP contribution in [0.2, 0.25) is 15.1 Å². The van der Waals surface area contributed by atoms with Gasteiger partial charge in [0.15, 0.2) is 0 Å². The second kappa shape index (κ2) is 7.73. The zero-order valence-electron chi connectivity index (χ0n) is 11.0. The van der Waals surface area contributed by atoms with E-state index in [1.54, 1.807) is 6.92 Å². The van der Waals surface area contributed by atoms with E-state index in [0.29, 0.717) is 0 Å². The van der Waals surface area contributed by atoms with E-state index in [2.05, 4.69) is 0 Å². The Morgan fingerprint density at radius 1 is 1.14 bits per heavy atom. The van der Waals surface area contributed by atoms with Gasteiger partial charge in [-0.05, 0) is 19.4 Å². The average molecular weight is 356 g/mol. The van der Waals surface area contributed by atoms with Gasteiger partial charge in [-0.2, -0.15) is 0 Å². The molecule has 21 heavy (non-hydrogen) atoms. The molecule has 0 spiro atoms. The maximum absolute atomic E-state index is 11.0. The number of halogens is 3. The molecule has 0 saturated heterocycles. The Morgan fingerprint density at radius 3 is 2.24 bits per heavy atom. The molecule has 1 aromatic carbocycles. The maximum Gasteiger partial charge on any atom is 0.307 e. The van der Waals surface area contributed by atoms with Crippen molar-refractivity contribution >= 4 is 46.7 Å². The van der Waals surface area contributed by atoms with E-state index in [-0.39, 0.29) is 27.2 Å². The summed E-state index contributed by atoms with van der Waals surface area (Å²) in [7, 11) is 0. The Hall–Kier alpha value is -1.17. The molecule has 0 heterocycles. The van der Waals surface area contributed by atoms with Crippen LogP contribution in [0, 0.1) is 5.92 Å². The van der Waals surface area contributed by atoms with Gasteiger partial charge in [-0.15, -0.1) is 0 Å². The fraction of sp³-hybridized carbons (Fsp3) is 0.385. The van der Waals surface area contributed by atoms with Crippen LogP contribution in [0.1, 0.15) is 19.8 Å². The number of ether oxygens (including phenoxy) is 1. The second-order valence-corrected chi connectivity index (χ2v) is 5.72. The molecule has 1 aromatic rings. The van der Waals surface area contributed by atoms with Crippen LogP contribution in [0.4, 0.5) is 0 Å². The molecule has 0 aliphatic rings. The third-order valence-corrected chi connectivity index (χ3v) is 3.71. The van der Waals surface area contributed by atoms with Gasteiger partial charge in [-0.3, -0.25) is 9.59 Å². The van der Waals surface area contributed by atoms with Crippen LogP contribution in [-0.2, 0) is 9.59 Å². The van der Waals surface area contributed by atoms with E-state index >= 15 is 0 Å². The fourth-order valence-electron chi connectivity index (χ4n) is 1.74. The summed E-state index contributed by atoms with van der Waals surface area (Å²) in [6, 6.07) is 2.84. The van der Waals surface area contributed by atoms with Gasteiger partial charge in [0.2, 0.25) is 0 Å². The number of hydrogen-bond acceptors (Lipinski definition) is 3. The van der Waals surface area contributed by atoms with Crippen LogP contribution in [0.25, 0.3) is 0 Å². The number of carboxylic acid groups (broad SMARTS) is 2. The molecule has 0 amide bonds. The molecule has 8 heteroatoms. The molecule has 2 atom stereocenters. The number of hydrogen-bond donors (Lipinski definition) is 2. The lowest BCUT2D eigenvalue weighted by molar-refractivity contribution is -0.149. The predicted molar refractivity (Wildman–Crippen MR) is 79.6 cm³/mol. The topological polar surface area (TPSA) is 83.8 Å². The quantitative estimate of drug-likeness (QED) is 0.723. The minimum Gasteiger partial charge on any atom is -0.489 e. The first kappa shape index (κ1) is 17.9. The van der Waals surface area contributed by atoms with Crippen LogP contribution in [-0.4, -0.2) is 28.3 Å². The van der Waals surface area contributed by atoms with Crippen LogP contribution in [0.5, 0.6) is 5.75 Å². The number of aliphatic carboxylic acids is 2. The first-order chi connectivity index (χ1) is 9.70. The summed E-state index contributed by atoms with van der Waals surface area (Å²) >= 11 is 17.6. The molecule has 0 fully saturated rings. The van der Waals surface area contributed by atoms with Gasteiger partial charge in [0.1, 0.15) is 5.75 Å². The van der Waals surface area contributed by atoms with Crippen LogP contribution in [0.15, 0.2) is 12.1 Å². The lowest BCUT2D eigenvalue weighted by Crippen LogP contribution is -2.25. The molecule has 0 aromatic heterocycles. The SMILES string of the molecule is CC(CC(CC(=O)O)C(=O)O)Oc1cc(Cl)c(Cl)cc1Cl. The summed E-state index contributed by atoms with van der Waals surface area (Å²) < 4.78 is 5.51. The molecular formula is C13H13Cl3O5. The van der Waals surface area contributed by atoms with E-state index in [0.717, 1.165) is 0 Å². The van der Waals surface area contributed by atoms with Gasteiger partial charge in [-0.1, -0.05) is 34.8 Å². The molecule has 0 aliphatic carbocycles. The molecule has 5 nitrogen and oxygen atoms in total. The van der Waals surface area contributed by atoms with Gasteiger partial charge in [0.05, 0.1) is 33.5 Å². The van der Waals surface area contributed by atoms with Crippen molar-refractivity contribution in [3.8, 4) is 5.75 Å². The Kier molecular flexibility index (Phi) is 6.58. The van der Waals surface area contributed by atoms with Gasteiger partial charge in [0, 0.05) is 6.07 Å². The van der Waals surface area contributed by atoms with Gasteiger partial charge >= 0.3 is 11.9 Å². The monoisotopic (exact) mass is 354 g/mol. The summed E-state index contributed by atoms with van der Waals surface area (Å²) in [5.74, 6) is -3.15. The first-order valence-electron chi connectivity index (χ1n) is 5.96. The standard InChI is InChI=1S/C13H13Cl3O5/c1-6(2-7(13(19)20)3-12(17)18)21-11-5-9(15)8(14)4-10(11)16/h4-7H,2-3H2,1H3,(H,17,18)(H,19,20). The summed E-state index contributed by atoms with van der Waals surface area (Å²) in [6.45, 7) is 1.62. The van der Waals surface area contributed by atoms with E-state index in [1.807, 2.05) is 0 Å². The minimum absolute atomic E-state index is 0.0260. The normalized spacial score (nSPS) is 13.5. The Morgan fingerprint density at radius 2 is 1.71 bits per heavy atom. The minimum atomic E-state index is -1.19. The lowest BCUT2D eigenvalue weighted by atomic mass is 9.99. The number of benzene rings is 1. The summed E-state index contributed by atoms with van der Waals surface area (Å²) in [6.07, 6.45) is -1.00. The van der Waals surface area contributed by atoms with Crippen LogP contribution in [0.3, 0.4) is 0 Å². The third kappa shape index (κ3) is 5.61. The maximum atomic E-state index is 11.0. The number of rotatable bonds is 7. The molecule has 0 aliphatic heterocycles. The molecule has 0 bridgehead atoms. The van der Waals surface area contributed by atoms with E-state index in [4.69, 9.17) is 49.8 Å². The zero-order chi connectivity index (χ0) is 16.2. The van der Waals surface area contributed by atoms with Gasteiger partial charge in [-0.25, -0.2) is 0 Å². The third-order valence-electron chi connectivity index (χ3n) is 2.69. The summed E-state index contributed by atoms with van der Waals surface area (Å²) in [5.41, 5.74) is 0. The predicted octanol–water partition coefficient (Wildman–Crippen LogP) is 3.98. The Bertz CT molecular complexity index is 547. The molecule has 1 rings (SSSR count). The van der Waals surface area contributed by atoms with E-state index in [9.17, 15) is 9.59 Å². The highest BCUT2D eigenvalue weighted by atomic mass is 35.5. The van der Waals surface area contributed by atoms with Gasteiger partial charge in [0.25, 0.3) is 0 Å². The fourth-order valence-corrected chi connectivity index (χ4v) is 2.32. The molecular weight excluding hydrogens is 342 g/mol. The van der Waals surface area contributed by atoms with Crippen molar-refractivity contribution in [1.29, 1.82) is 0 Å². The highest BCUT2D eigenvalue weighted by Gasteiger charge is 2.24. The summed E-state index contributed by atoms with van der Waals surface area (Å²) in [5, 5.41) is 18.4. The number of carbonyl (C=O) groups is 2. The lowest BCUT2D eigenvalue weighted by Gasteiger charge is -2.19. The molecule has 2 N–H and O–H groups in total. The highest BCUT2D eigenvalue weighted by molar-refractivity contribution is 6.43. The zero-order valence-corrected chi connectivity index (χ0v) is 13.2. The van der Waals surface area contributed by atoms with Crippen molar-refractivity contribution in [2.45, 2.75) is 25.9 Å². The van der Waals surface area contributed by atoms with Crippen molar-refractivity contribution < 1.29 is 24.5 Å². The van der Waals surface area contributed by atoms with E-state index in [1.165, 1.54) is 12.1 Å². The van der Waals surface area contributed by atoms with Crippen molar-refractivity contribution in [3.05, 3.63) is 27.2 Å². The Labute approximate surface area is 136 Å². The molecule has 2 unspecified atom stereocenters. The largest absolute Gasteiger partial charge is 0.489 e. The highest BCUT2D eigenvalue weighted by Crippen LogP contribution is 2.34. The van der Waals surface area contributed by atoms with E-state index < -0.39 is 30.4 Å².